The van der Waals surface area contributed by atoms with Crippen molar-refractivity contribution in [1.82, 2.24) is 9.80 Å². The Hall–Kier alpha value is -4.31. The number of nitro benzene ring substituents is 1. The molecule has 0 spiro atoms. The zero-order chi connectivity index (χ0) is 29.3. The summed E-state index contributed by atoms with van der Waals surface area (Å²) in [6.45, 7) is 6.49. The molecule has 1 N–H and O–H groups in total. The number of hydrogen-bond donors (Lipinski definition) is 1. The minimum absolute atomic E-state index is 0. The summed E-state index contributed by atoms with van der Waals surface area (Å²) in [5.41, 5.74) is 3.08. The average Bonchev–Trinajstić information content (AvgIpc) is 3.04. The van der Waals surface area contributed by atoms with Crippen LogP contribution in [0, 0.1) is 10.1 Å². The molecule has 5 rings (SSSR count). The van der Waals surface area contributed by atoms with Crippen molar-refractivity contribution in [2.45, 2.75) is 39.3 Å². The molecule has 3 aromatic carbocycles. The largest absolute Gasteiger partial charge is 0.490 e. The van der Waals surface area contributed by atoms with E-state index in [2.05, 4.69) is 39.4 Å². The number of piperidine rings is 1. The van der Waals surface area contributed by atoms with E-state index in [0.29, 0.717) is 26.1 Å². The van der Waals surface area contributed by atoms with E-state index in [9.17, 15) is 14.9 Å². The van der Waals surface area contributed by atoms with Gasteiger partial charge >= 0.3 is 5.69 Å². The van der Waals surface area contributed by atoms with Gasteiger partial charge in [-0.2, -0.15) is 0 Å². The summed E-state index contributed by atoms with van der Waals surface area (Å²) in [6.07, 6.45) is 2.20. The highest BCUT2D eigenvalue weighted by Gasteiger charge is 2.25. The number of ether oxygens (including phenoxy) is 2. The first kappa shape index (κ1) is 31.6. The number of amides is 1. The SMILES string of the molecule is C.COc1cc(NC2CCN(C(=O)CCN3CCN(c4ccc(OCc5ccccc5)cc4)CC3)CC2)ccc1[N+](=O)[O-]. The molecule has 2 aliphatic rings. The predicted molar refractivity (Wildman–Crippen MR) is 170 cm³/mol. The number of hydrogen-bond acceptors (Lipinski definition) is 8. The number of anilines is 2. The number of nitro groups is 1. The van der Waals surface area contributed by atoms with Gasteiger partial charge in [-0.05, 0) is 48.7 Å². The van der Waals surface area contributed by atoms with Gasteiger partial charge in [0.15, 0.2) is 5.75 Å². The maximum absolute atomic E-state index is 12.9. The molecule has 10 nitrogen and oxygen atoms in total. The van der Waals surface area contributed by atoms with Gasteiger partial charge in [0.2, 0.25) is 5.91 Å². The van der Waals surface area contributed by atoms with Crippen LogP contribution in [0.15, 0.2) is 72.8 Å². The highest BCUT2D eigenvalue weighted by molar-refractivity contribution is 5.76. The van der Waals surface area contributed by atoms with Crippen molar-refractivity contribution in [3.8, 4) is 11.5 Å². The van der Waals surface area contributed by atoms with Crippen LogP contribution in [0.5, 0.6) is 11.5 Å². The molecular formula is C33H43N5O5. The van der Waals surface area contributed by atoms with Crippen LogP contribution in [0.4, 0.5) is 17.1 Å². The third kappa shape index (κ3) is 8.61. The average molecular weight is 590 g/mol. The molecule has 10 heteroatoms. The van der Waals surface area contributed by atoms with Crippen molar-refractivity contribution in [3.05, 3.63) is 88.5 Å². The third-order valence-corrected chi connectivity index (χ3v) is 8.06. The van der Waals surface area contributed by atoms with Crippen molar-refractivity contribution in [3.63, 3.8) is 0 Å². The smallest absolute Gasteiger partial charge is 0.311 e. The van der Waals surface area contributed by atoms with Crippen molar-refractivity contribution < 1.29 is 19.2 Å². The zero-order valence-corrected chi connectivity index (χ0v) is 24.1. The van der Waals surface area contributed by atoms with Gasteiger partial charge in [0.1, 0.15) is 12.4 Å². The lowest BCUT2D eigenvalue weighted by molar-refractivity contribution is -0.385. The number of nitrogens with one attached hydrogen (secondary N) is 1. The highest BCUT2D eigenvalue weighted by Crippen LogP contribution is 2.30. The van der Waals surface area contributed by atoms with Gasteiger partial charge in [-0.1, -0.05) is 37.8 Å². The molecule has 43 heavy (non-hydrogen) atoms. The van der Waals surface area contributed by atoms with Gasteiger partial charge in [-0.15, -0.1) is 0 Å². The van der Waals surface area contributed by atoms with Crippen molar-refractivity contribution in [2.24, 2.45) is 0 Å². The molecule has 0 radical (unpaired) electrons. The second-order valence-electron chi connectivity index (χ2n) is 10.8. The summed E-state index contributed by atoms with van der Waals surface area (Å²) in [4.78, 5) is 30.3. The van der Waals surface area contributed by atoms with Crippen LogP contribution in [0.1, 0.15) is 32.3 Å². The molecule has 0 aliphatic carbocycles. The van der Waals surface area contributed by atoms with Gasteiger partial charge in [-0.25, -0.2) is 0 Å². The molecule has 0 atom stereocenters. The number of nitrogens with zero attached hydrogens (tertiary/aromatic N) is 4. The number of likely N-dealkylation sites (tertiary alicyclic amines) is 1. The maximum atomic E-state index is 12.9. The molecule has 3 aromatic rings. The van der Waals surface area contributed by atoms with Crippen molar-refractivity contribution >= 4 is 23.0 Å². The minimum atomic E-state index is -0.449. The van der Waals surface area contributed by atoms with E-state index in [1.54, 1.807) is 12.1 Å². The van der Waals surface area contributed by atoms with Crippen molar-refractivity contribution in [1.29, 1.82) is 0 Å². The molecule has 2 heterocycles. The van der Waals surface area contributed by atoms with Crippen LogP contribution in [0.2, 0.25) is 0 Å². The van der Waals surface area contributed by atoms with E-state index in [-0.39, 0.29) is 30.8 Å². The van der Waals surface area contributed by atoms with Gasteiger partial charge in [-0.3, -0.25) is 19.8 Å². The lowest BCUT2D eigenvalue weighted by Gasteiger charge is -2.37. The monoisotopic (exact) mass is 589 g/mol. The Balaban J connectivity index is 0.00000423. The summed E-state index contributed by atoms with van der Waals surface area (Å²) < 4.78 is 11.1. The van der Waals surface area contributed by atoms with E-state index in [1.807, 2.05) is 35.2 Å². The van der Waals surface area contributed by atoms with E-state index < -0.39 is 4.92 Å². The van der Waals surface area contributed by atoms with Crippen LogP contribution in [0.25, 0.3) is 0 Å². The van der Waals surface area contributed by atoms with Crippen LogP contribution in [0.3, 0.4) is 0 Å². The molecule has 0 saturated carbocycles. The molecule has 2 aliphatic heterocycles. The number of carbonyl (C=O) groups excluding carboxylic acids is 1. The molecule has 2 fully saturated rings. The molecule has 230 valence electrons. The van der Waals surface area contributed by atoms with Crippen LogP contribution in [-0.4, -0.2) is 79.6 Å². The number of piperazine rings is 1. The number of rotatable bonds is 11. The Labute approximate surface area is 254 Å². The van der Waals surface area contributed by atoms with Gasteiger partial charge < -0.3 is 24.6 Å². The summed E-state index contributed by atoms with van der Waals surface area (Å²) in [5, 5.41) is 14.6. The first-order chi connectivity index (χ1) is 20.5. The summed E-state index contributed by atoms with van der Waals surface area (Å²) in [5.74, 6) is 1.31. The lowest BCUT2D eigenvalue weighted by atomic mass is 10.0. The topological polar surface area (TPSA) is 100 Å². The Bertz CT molecular complexity index is 1320. The predicted octanol–water partition coefficient (Wildman–Crippen LogP) is 5.43. The highest BCUT2D eigenvalue weighted by atomic mass is 16.6. The fourth-order valence-corrected chi connectivity index (χ4v) is 5.56. The zero-order valence-electron chi connectivity index (χ0n) is 24.1. The standard InChI is InChI=1S/C32H39N5O5.CH4/c1-41-31-23-27(7-12-30(31)37(39)40)33-26-13-17-36(18-14-26)32(38)15-16-34-19-21-35(22-20-34)28-8-10-29(11-9-28)42-24-25-5-3-2-4-6-25;/h2-12,23,26,33H,13-22,24H2,1H3;1H4. The van der Waals surface area contributed by atoms with Crippen LogP contribution >= 0.6 is 0 Å². The maximum Gasteiger partial charge on any atom is 0.311 e. The van der Waals surface area contributed by atoms with Crippen molar-refractivity contribution in [2.75, 3.05) is 63.1 Å². The third-order valence-electron chi connectivity index (χ3n) is 8.06. The Kier molecular flexibility index (Phi) is 11.2. The number of carbonyl (C=O) groups is 1. The molecule has 0 aromatic heterocycles. The summed E-state index contributed by atoms with van der Waals surface area (Å²) >= 11 is 0. The first-order valence-electron chi connectivity index (χ1n) is 14.6. The van der Waals surface area contributed by atoms with Gasteiger partial charge in [0, 0.05) is 81.8 Å². The van der Waals surface area contributed by atoms with Gasteiger partial charge in [0.05, 0.1) is 12.0 Å². The number of benzene rings is 3. The Morgan fingerprint density at radius 1 is 0.953 bits per heavy atom. The fraction of sp³-hybridized carbons (Fsp3) is 0.424. The quantitative estimate of drug-likeness (QED) is 0.233. The van der Waals surface area contributed by atoms with E-state index in [4.69, 9.17) is 9.47 Å². The molecule has 0 bridgehead atoms. The Morgan fingerprint density at radius 2 is 1.65 bits per heavy atom. The number of methoxy groups -OCH3 is 1. The second-order valence-corrected chi connectivity index (χ2v) is 10.8. The first-order valence-corrected chi connectivity index (χ1v) is 14.6. The molecule has 0 unspecified atom stereocenters. The summed E-state index contributed by atoms with van der Waals surface area (Å²) in [6, 6.07) is 23.5. The van der Waals surface area contributed by atoms with Gasteiger partial charge in [0.25, 0.3) is 0 Å². The van der Waals surface area contributed by atoms with E-state index in [1.165, 1.54) is 18.9 Å². The molecule has 2 saturated heterocycles. The van der Waals surface area contributed by atoms with Crippen LogP contribution in [-0.2, 0) is 11.4 Å². The normalized spacial score (nSPS) is 15.8. The Morgan fingerprint density at radius 3 is 2.30 bits per heavy atom. The van der Waals surface area contributed by atoms with E-state index in [0.717, 1.165) is 62.6 Å². The van der Waals surface area contributed by atoms with Crippen LogP contribution < -0.4 is 19.7 Å². The molecular weight excluding hydrogens is 546 g/mol. The minimum Gasteiger partial charge on any atom is -0.490 e. The lowest BCUT2D eigenvalue weighted by Crippen LogP contribution is -2.48. The second kappa shape index (κ2) is 15.2. The van der Waals surface area contributed by atoms with E-state index >= 15 is 0 Å². The molecule has 1 amide bonds. The fourth-order valence-electron chi connectivity index (χ4n) is 5.56. The summed E-state index contributed by atoms with van der Waals surface area (Å²) in [7, 11) is 1.43.